The maximum atomic E-state index is 13.0. The Morgan fingerprint density at radius 2 is 0.873 bits per heavy atom. The summed E-state index contributed by atoms with van der Waals surface area (Å²) in [5.41, 5.74) is 12.4. The van der Waals surface area contributed by atoms with Crippen molar-refractivity contribution in [2.45, 2.75) is 182 Å². The van der Waals surface area contributed by atoms with Crippen LogP contribution >= 0.6 is 0 Å². The molecule has 2 aliphatic heterocycles. The van der Waals surface area contributed by atoms with Gasteiger partial charge in [-0.1, -0.05) is 113 Å². The molecule has 6 N–H and O–H groups in total. The first-order valence-corrected chi connectivity index (χ1v) is 36.0. The predicted octanol–water partition coefficient (Wildman–Crippen LogP) is 14.1. The number of fused-ring (bicyclic) bond motifs is 2. The zero-order valence-corrected chi connectivity index (χ0v) is 64.1. The summed E-state index contributed by atoms with van der Waals surface area (Å²) in [6.45, 7) is 32.2. The SMILES string of the molecule is CC.CC.CC(B1OC(C)(C)C(C)(C)O1)B1OC(C)(C)C(C)(C)O1.CNC(=O)c1c(-c2ccc(C)cc2)oc2cc(N(C)c3ccc(C(C)B(O)O)cc3)c(C3CC3)cc12.CNC(=O)c1c(-c2ccc(C)cc2)oc2cc(N(C)c3ccc(OCB(O)O)cc3)c(C3CC3)cc12.O=S=O.O=S=O. The van der Waals surface area contributed by atoms with Gasteiger partial charge >= 0.3 is 51.6 Å². The van der Waals surface area contributed by atoms with Crippen molar-refractivity contribution >= 4 is 108 Å². The molecule has 27 heteroatoms. The van der Waals surface area contributed by atoms with E-state index in [1.165, 1.54) is 11.1 Å². The molecule has 1 unspecified atom stereocenters. The molecule has 0 bridgehead atoms. The fourth-order valence-corrected chi connectivity index (χ4v) is 11.6. The van der Waals surface area contributed by atoms with E-state index in [-0.39, 0.29) is 66.5 Å². The minimum atomic E-state index is -1.52. The van der Waals surface area contributed by atoms with Gasteiger partial charge in [0.15, 0.2) is 0 Å². The molecule has 2 saturated heterocycles. The van der Waals surface area contributed by atoms with Crippen LogP contribution in [-0.4, -0.2) is 134 Å². The standard InChI is InChI=1S/C29H31BN2O4.C28H29BN2O5.C14H28B2O4.2C2H6.2O2S/c1-17-5-7-21(8-6-17)28-27(29(33)31-3)24-15-23(20-9-10-20)25(16-26(24)36-28)32(4)22-13-11-19(12-14-22)18(2)30(34)35;1-17-4-6-19(7-5-17)27-26(28(32)30-2)23-14-22(18-8-9-18)24(15-25(23)36-27)31(3)20-10-12-21(13-11-20)35-16-29(33)34;1-10(15-17-11(2,3)12(4,5)18-15)16-19-13(6,7)14(8,9)20-16;2*1-2;2*1-3-2/h5-8,11-16,18,20,34-35H,9-10H2,1-4H3,(H,31,33);4-7,10-15,18,33-34H,8-9,16H2,1-3H3,(H,30,32);10H,1-9H3;2*1-2H3;;. The van der Waals surface area contributed by atoms with Crippen LogP contribution in [0.3, 0.4) is 0 Å². The molecular formula is C75H100B4N4O17S2. The third-order valence-corrected chi connectivity index (χ3v) is 19.2. The van der Waals surface area contributed by atoms with Crippen LogP contribution in [-0.2, 0) is 41.8 Å². The van der Waals surface area contributed by atoms with Crippen LogP contribution in [0, 0.1) is 13.8 Å². The Labute approximate surface area is 609 Å². The van der Waals surface area contributed by atoms with E-state index >= 15 is 0 Å². The first-order valence-electron chi connectivity index (χ1n) is 34.6. The summed E-state index contributed by atoms with van der Waals surface area (Å²) in [6, 6.07) is 39.6. The van der Waals surface area contributed by atoms with Gasteiger partial charge in [0.25, 0.3) is 11.8 Å². The van der Waals surface area contributed by atoms with Gasteiger partial charge in [-0.3, -0.25) is 9.59 Å². The fraction of sp³-hybridized carbons (Fsp3) is 0.440. The highest BCUT2D eigenvalue weighted by Gasteiger charge is 2.60. The number of carbonyl (C=O) groups is 2. The molecule has 0 radical (unpaired) electrons. The van der Waals surface area contributed by atoms with E-state index in [0.29, 0.717) is 51.4 Å². The molecule has 4 heterocycles. The quantitative estimate of drug-likeness (QED) is 0.0462. The van der Waals surface area contributed by atoms with Gasteiger partial charge < -0.3 is 72.7 Å². The van der Waals surface area contributed by atoms with Gasteiger partial charge in [0.2, 0.25) is 0 Å². The third-order valence-electron chi connectivity index (χ3n) is 19.2. The number of furan rings is 2. The van der Waals surface area contributed by atoms with Gasteiger partial charge in [0.1, 0.15) is 34.9 Å². The molecule has 102 heavy (non-hydrogen) atoms. The lowest BCUT2D eigenvalue weighted by atomic mass is 9.53. The third kappa shape index (κ3) is 19.8. The second-order valence-electron chi connectivity index (χ2n) is 27.3. The highest BCUT2D eigenvalue weighted by atomic mass is 32.1. The topological polar surface area (TPSA) is 286 Å². The van der Waals surface area contributed by atoms with Crippen LogP contribution in [0.4, 0.5) is 22.7 Å². The van der Waals surface area contributed by atoms with Crippen LogP contribution in [0.25, 0.3) is 44.6 Å². The van der Waals surface area contributed by atoms with Crippen molar-refractivity contribution < 1.29 is 78.7 Å². The number of hydrogen-bond donors (Lipinski definition) is 6. The van der Waals surface area contributed by atoms with E-state index < -0.39 is 37.4 Å². The summed E-state index contributed by atoms with van der Waals surface area (Å²) in [7, 11) is 3.78. The van der Waals surface area contributed by atoms with Crippen molar-refractivity contribution in [2.75, 3.05) is 44.5 Å². The Hall–Kier alpha value is -7.68. The van der Waals surface area contributed by atoms with Gasteiger partial charge in [-0.2, -0.15) is 16.8 Å². The molecule has 8 aromatic rings. The molecule has 2 amide bonds. The van der Waals surface area contributed by atoms with Gasteiger partial charge in [0, 0.05) is 96.5 Å². The number of anilines is 4. The van der Waals surface area contributed by atoms with E-state index in [9.17, 15) is 19.6 Å². The number of benzene rings is 6. The maximum Gasteiger partial charge on any atom is 0.491 e. The Morgan fingerprint density at radius 3 is 1.17 bits per heavy atom. The molecular weight excluding hydrogens is 1340 g/mol. The van der Waals surface area contributed by atoms with E-state index in [1.807, 2.05) is 153 Å². The summed E-state index contributed by atoms with van der Waals surface area (Å²) in [4.78, 5) is 30.2. The minimum absolute atomic E-state index is 0.0112. The van der Waals surface area contributed by atoms with Gasteiger partial charge in [-0.05, 0) is 172 Å². The van der Waals surface area contributed by atoms with E-state index in [2.05, 4.69) is 94.9 Å². The summed E-state index contributed by atoms with van der Waals surface area (Å²) in [5.74, 6) is 1.89. The normalized spacial score (nSPS) is 15.9. The summed E-state index contributed by atoms with van der Waals surface area (Å²) in [6.07, 6.45) is 4.46. The van der Waals surface area contributed by atoms with Crippen LogP contribution < -0.4 is 25.2 Å². The van der Waals surface area contributed by atoms with Gasteiger partial charge in [0.05, 0.1) is 33.5 Å². The lowest BCUT2D eigenvalue weighted by molar-refractivity contribution is 0.00578. The number of ether oxygens (including phenoxy) is 1. The molecule has 0 spiro atoms. The Kier molecular flexibility index (Phi) is 29.5. The fourth-order valence-electron chi connectivity index (χ4n) is 11.6. The van der Waals surface area contributed by atoms with Gasteiger partial charge in [-0.15, -0.1) is 0 Å². The van der Waals surface area contributed by atoms with Crippen molar-refractivity contribution in [2.24, 2.45) is 0 Å². The van der Waals surface area contributed by atoms with Crippen molar-refractivity contribution in [1.82, 2.24) is 10.6 Å². The average molecular weight is 1440 g/mol. The Balaban J connectivity index is 0.000000234. The van der Waals surface area contributed by atoms with Crippen LogP contribution in [0.1, 0.15) is 189 Å². The molecule has 21 nitrogen and oxygen atoms in total. The van der Waals surface area contributed by atoms with Crippen molar-refractivity contribution in [1.29, 1.82) is 0 Å². The molecule has 4 aliphatic rings. The zero-order valence-electron chi connectivity index (χ0n) is 62.5. The molecule has 1 atom stereocenters. The molecule has 2 aliphatic carbocycles. The zero-order chi connectivity index (χ0) is 75.9. The van der Waals surface area contributed by atoms with Crippen molar-refractivity contribution in [3.8, 4) is 28.4 Å². The van der Waals surface area contributed by atoms with Crippen molar-refractivity contribution in [3.05, 3.63) is 160 Å². The number of carbonyl (C=O) groups excluding carboxylic acids is 2. The summed E-state index contributed by atoms with van der Waals surface area (Å²) < 4.78 is 75.6. The number of nitrogens with zero attached hydrogens (tertiary/aromatic N) is 2. The van der Waals surface area contributed by atoms with Crippen molar-refractivity contribution in [3.63, 3.8) is 0 Å². The largest absolute Gasteiger partial charge is 0.496 e. The average Bonchev–Trinajstić information content (AvgIpc) is 1.63. The van der Waals surface area contributed by atoms with Gasteiger partial charge in [-0.25, -0.2) is 0 Å². The molecule has 546 valence electrons. The van der Waals surface area contributed by atoms with E-state index in [4.69, 9.17) is 59.1 Å². The maximum absolute atomic E-state index is 13.0. The molecule has 2 saturated carbocycles. The first kappa shape index (κ1) is 83.3. The Bertz CT molecular complexity index is 4090. The smallest absolute Gasteiger partial charge is 0.491 e. The summed E-state index contributed by atoms with van der Waals surface area (Å²) >= 11 is -1.50. The molecule has 6 aromatic carbocycles. The number of amides is 2. The monoisotopic (exact) mass is 1440 g/mol. The van der Waals surface area contributed by atoms with E-state index in [1.54, 1.807) is 33.2 Å². The lowest BCUT2D eigenvalue weighted by Crippen LogP contribution is -2.41. The predicted molar refractivity (Wildman–Crippen MR) is 409 cm³/mol. The van der Waals surface area contributed by atoms with E-state index in [0.717, 1.165) is 87.0 Å². The van der Waals surface area contributed by atoms with Crippen LogP contribution in [0.5, 0.6) is 5.75 Å². The first-order chi connectivity index (χ1) is 48.2. The molecule has 4 fully saturated rings. The van der Waals surface area contributed by atoms with Crippen LogP contribution in [0.2, 0.25) is 5.72 Å². The summed E-state index contributed by atoms with van der Waals surface area (Å²) in [5, 5.41) is 44.3. The number of hydrogen-bond acceptors (Lipinski definition) is 19. The highest BCUT2D eigenvalue weighted by molar-refractivity contribution is 7.52. The number of rotatable bonds is 17. The second kappa shape index (κ2) is 36.2. The minimum Gasteiger partial charge on any atom is -0.496 e. The Morgan fingerprint density at radius 1 is 0.549 bits per heavy atom. The lowest BCUT2D eigenvalue weighted by Gasteiger charge is -2.32. The highest BCUT2D eigenvalue weighted by Crippen LogP contribution is 2.51. The van der Waals surface area contributed by atoms with Crippen LogP contribution in [0.15, 0.2) is 130 Å². The number of nitrogens with one attached hydrogen (secondary N) is 2. The second-order valence-corrected chi connectivity index (χ2v) is 27.6. The molecule has 2 aromatic heterocycles. The molecule has 12 rings (SSSR count). The number of aryl methyl sites for hydroxylation is 2.